The van der Waals surface area contributed by atoms with E-state index < -0.39 is 11.7 Å². The third-order valence-corrected chi connectivity index (χ3v) is 2.92. The molecule has 1 aromatic rings. The Bertz CT molecular complexity index is 450. The molecule has 0 saturated heterocycles. The van der Waals surface area contributed by atoms with Crippen molar-refractivity contribution >= 4 is 6.09 Å². The second-order valence-electron chi connectivity index (χ2n) is 6.22. The molecule has 4 heteroatoms. The molecule has 1 amide bonds. The molecule has 0 spiro atoms. The molecule has 4 nitrogen and oxygen atoms in total. The molecule has 20 heavy (non-hydrogen) atoms. The highest BCUT2D eigenvalue weighted by molar-refractivity contribution is 5.68. The Kier molecular flexibility index (Phi) is 5.57. The highest BCUT2D eigenvalue weighted by Crippen LogP contribution is 2.24. The van der Waals surface area contributed by atoms with Gasteiger partial charge in [-0.2, -0.15) is 0 Å². The van der Waals surface area contributed by atoms with Gasteiger partial charge in [-0.15, -0.1) is 0 Å². The Morgan fingerprint density at radius 1 is 1.25 bits per heavy atom. The lowest BCUT2D eigenvalue weighted by atomic mass is 9.93. The van der Waals surface area contributed by atoms with E-state index in [0.717, 1.165) is 5.56 Å². The van der Waals surface area contributed by atoms with Crippen molar-refractivity contribution in [3.8, 4) is 0 Å². The average molecular weight is 278 g/mol. The van der Waals surface area contributed by atoms with E-state index in [4.69, 9.17) is 10.5 Å². The van der Waals surface area contributed by atoms with Crippen molar-refractivity contribution < 1.29 is 9.53 Å². The summed E-state index contributed by atoms with van der Waals surface area (Å²) in [6.45, 7) is 10.1. The standard InChI is InChI=1S/C16H26N2O2/c1-11(2)12-8-6-7-9-13(12)14(10-17)18-15(19)20-16(3,4)5/h6-9,11,14H,10,17H2,1-5H3,(H,18,19). The van der Waals surface area contributed by atoms with Crippen molar-refractivity contribution in [2.24, 2.45) is 5.73 Å². The van der Waals surface area contributed by atoms with Crippen LogP contribution in [0.1, 0.15) is 57.7 Å². The van der Waals surface area contributed by atoms with Crippen molar-refractivity contribution in [3.05, 3.63) is 35.4 Å². The van der Waals surface area contributed by atoms with Gasteiger partial charge in [-0.05, 0) is 37.8 Å². The van der Waals surface area contributed by atoms with Crippen LogP contribution in [0.2, 0.25) is 0 Å². The SMILES string of the molecule is CC(C)c1ccccc1C(CN)NC(=O)OC(C)(C)C. The van der Waals surface area contributed by atoms with Crippen LogP contribution in [0.4, 0.5) is 4.79 Å². The summed E-state index contributed by atoms with van der Waals surface area (Å²) >= 11 is 0. The third kappa shape index (κ3) is 4.85. The van der Waals surface area contributed by atoms with Crippen LogP contribution in [-0.2, 0) is 4.74 Å². The Labute approximate surface area is 121 Å². The van der Waals surface area contributed by atoms with E-state index in [0.29, 0.717) is 12.5 Å². The predicted octanol–water partition coefficient (Wildman–Crippen LogP) is 3.33. The average Bonchev–Trinajstić information content (AvgIpc) is 2.33. The minimum Gasteiger partial charge on any atom is -0.444 e. The molecule has 0 fully saturated rings. The Hall–Kier alpha value is -1.55. The lowest BCUT2D eigenvalue weighted by Crippen LogP contribution is -2.38. The molecule has 1 atom stereocenters. The molecular formula is C16H26N2O2. The van der Waals surface area contributed by atoms with Crippen molar-refractivity contribution in [1.29, 1.82) is 0 Å². The molecule has 0 aliphatic rings. The van der Waals surface area contributed by atoms with E-state index >= 15 is 0 Å². The molecule has 0 heterocycles. The molecule has 0 radical (unpaired) electrons. The number of amides is 1. The number of carbonyl (C=O) groups is 1. The third-order valence-electron chi connectivity index (χ3n) is 2.92. The van der Waals surface area contributed by atoms with Gasteiger partial charge in [0.2, 0.25) is 0 Å². The van der Waals surface area contributed by atoms with E-state index in [2.05, 4.69) is 25.2 Å². The topological polar surface area (TPSA) is 64.3 Å². The van der Waals surface area contributed by atoms with Crippen molar-refractivity contribution in [3.63, 3.8) is 0 Å². The van der Waals surface area contributed by atoms with Gasteiger partial charge < -0.3 is 15.8 Å². The Morgan fingerprint density at radius 3 is 2.25 bits per heavy atom. The van der Waals surface area contributed by atoms with Crippen molar-refractivity contribution in [1.82, 2.24) is 5.32 Å². The highest BCUT2D eigenvalue weighted by atomic mass is 16.6. The monoisotopic (exact) mass is 278 g/mol. The molecule has 1 rings (SSSR count). The van der Waals surface area contributed by atoms with Gasteiger partial charge in [0.05, 0.1) is 6.04 Å². The maximum Gasteiger partial charge on any atom is 0.408 e. The van der Waals surface area contributed by atoms with Crippen LogP contribution in [-0.4, -0.2) is 18.2 Å². The molecule has 0 aliphatic heterocycles. The minimum absolute atomic E-state index is 0.233. The molecular weight excluding hydrogens is 252 g/mol. The summed E-state index contributed by atoms with van der Waals surface area (Å²) in [7, 11) is 0. The van der Waals surface area contributed by atoms with Crippen LogP contribution in [0, 0.1) is 0 Å². The number of hydrogen-bond donors (Lipinski definition) is 2. The summed E-state index contributed by atoms with van der Waals surface area (Å²) in [6.07, 6.45) is -0.438. The number of rotatable bonds is 4. The normalized spacial score (nSPS) is 13.2. The molecule has 1 aromatic carbocycles. The number of benzene rings is 1. The van der Waals surface area contributed by atoms with Gasteiger partial charge in [0.25, 0.3) is 0 Å². The van der Waals surface area contributed by atoms with E-state index in [1.165, 1.54) is 5.56 Å². The first-order valence-corrected chi connectivity index (χ1v) is 7.03. The van der Waals surface area contributed by atoms with E-state index in [9.17, 15) is 4.79 Å². The molecule has 1 unspecified atom stereocenters. The van der Waals surface area contributed by atoms with Crippen molar-refractivity contribution in [2.75, 3.05) is 6.54 Å². The van der Waals surface area contributed by atoms with Crippen LogP contribution in [0.3, 0.4) is 0 Å². The first-order valence-electron chi connectivity index (χ1n) is 7.03. The lowest BCUT2D eigenvalue weighted by Gasteiger charge is -2.25. The summed E-state index contributed by atoms with van der Waals surface area (Å²) < 4.78 is 5.29. The Morgan fingerprint density at radius 2 is 1.80 bits per heavy atom. The summed E-state index contributed by atoms with van der Waals surface area (Å²) in [6, 6.07) is 7.80. The summed E-state index contributed by atoms with van der Waals surface area (Å²) in [5.74, 6) is 0.376. The quantitative estimate of drug-likeness (QED) is 0.888. The molecule has 112 valence electrons. The van der Waals surface area contributed by atoms with Gasteiger partial charge in [-0.3, -0.25) is 0 Å². The largest absolute Gasteiger partial charge is 0.444 e. The number of alkyl carbamates (subject to hydrolysis) is 1. The molecule has 0 bridgehead atoms. The van der Waals surface area contributed by atoms with Crippen LogP contribution >= 0.6 is 0 Å². The second kappa shape index (κ2) is 6.75. The lowest BCUT2D eigenvalue weighted by molar-refractivity contribution is 0.0505. The van der Waals surface area contributed by atoms with Crippen LogP contribution < -0.4 is 11.1 Å². The van der Waals surface area contributed by atoms with E-state index in [1.54, 1.807) is 0 Å². The first-order chi connectivity index (χ1) is 9.24. The number of nitrogens with two attached hydrogens (primary N) is 1. The molecule has 3 N–H and O–H groups in total. The summed E-state index contributed by atoms with van der Waals surface area (Å²) in [5, 5.41) is 2.85. The Balaban J connectivity index is 2.89. The van der Waals surface area contributed by atoms with E-state index in [1.807, 2.05) is 39.0 Å². The predicted molar refractivity (Wildman–Crippen MR) is 81.7 cm³/mol. The fraction of sp³-hybridized carbons (Fsp3) is 0.562. The maximum absolute atomic E-state index is 11.9. The second-order valence-corrected chi connectivity index (χ2v) is 6.22. The smallest absolute Gasteiger partial charge is 0.408 e. The number of hydrogen-bond acceptors (Lipinski definition) is 3. The molecule has 0 saturated carbocycles. The van der Waals surface area contributed by atoms with Crippen molar-refractivity contribution in [2.45, 2.75) is 52.2 Å². The summed E-state index contributed by atoms with van der Waals surface area (Å²) in [5.41, 5.74) is 7.55. The van der Waals surface area contributed by atoms with Gasteiger partial charge >= 0.3 is 6.09 Å². The van der Waals surface area contributed by atoms with Gasteiger partial charge in [-0.25, -0.2) is 4.79 Å². The molecule has 0 aliphatic carbocycles. The zero-order chi connectivity index (χ0) is 15.3. The number of nitrogens with one attached hydrogen (secondary N) is 1. The van der Waals surface area contributed by atoms with Crippen LogP contribution in [0.25, 0.3) is 0 Å². The first kappa shape index (κ1) is 16.5. The van der Waals surface area contributed by atoms with E-state index in [-0.39, 0.29) is 6.04 Å². The van der Waals surface area contributed by atoms with Gasteiger partial charge in [0, 0.05) is 6.54 Å². The van der Waals surface area contributed by atoms with Crippen LogP contribution in [0.5, 0.6) is 0 Å². The molecule has 0 aromatic heterocycles. The van der Waals surface area contributed by atoms with Gasteiger partial charge in [-0.1, -0.05) is 38.1 Å². The zero-order valence-corrected chi connectivity index (χ0v) is 13.1. The van der Waals surface area contributed by atoms with Crippen LogP contribution in [0.15, 0.2) is 24.3 Å². The number of ether oxygens (including phenoxy) is 1. The zero-order valence-electron chi connectivity index (χ0n) is 13.1. The minimum atomic E-state index is -0.513. The number of carbonyl (C=O) groups excluding carboxylic acids is 1. The fourth-order valence-electron chi connectivity index (χ4n) is 2.07. The maximum atomic E-state index is 11.9. The highest BCUT2D eigenvalue weighted by Gasteiger charge is 2.21. The van der Waals surface area contributed by atoms with Gasteiger partial charge in [0.15, 0.2) is 0 Å². The fourth-order valence-corrected chi connectivity index (χ4v) is 2.07. The van der Waals surface area contributed by atoms with Gasteiger partial charge in [0.1, 0.15) is 5.60 Å². The summed E-state index contributed by atoms with van der Waals surface area (Å²) in [4.78, 5) is 11.9.